The molecule has 0 unspecified atom stereocenters. The molecule has 3 rings (SSSR count). The number of aromatic nitrogens is 2. The van der Waals surface area contributed by atoms with Gasteiger partial charge in [0.25, 0.3) is 5.91 Å². The van der Waals surface area contributed by atoms with Gasteiger partial charge in [0.2, 0.25) is 0 Å². The van der Waals surface area contributed by atoms with Crippen LogP contribution in [-0.4, -0.2) is 22.8 Å². The third-order valence-electron chi connectivity index (χ3n) is 3.99. The van der Waals surface area contributed by atoms with Crippen LogP contribution in [0.4, 0.5) is 0 Å². The van der Waals surface area contributed by atoms with Gasteiger partial charge in [-0.15, -0.1) is 0 Å². The van der Waals surface area contributed by atoms with E-state index < -0.39 is 0 Å². The zero-order valence-electron chi connectivity index (χ0n) is 14.3. The Labute approximate surface area is 168 Å². The third kappa shape index (κ3) is 3.99. The molecular formula is C19H17Br2N3O2. The van der Waals surface area contributed by atoms with E-state index in [0.717, 1.165) is 31.6 Å². The Morgan fingerprint density at radius 3 is 2.58 bits per heavy atom. The van der Waals surface area contributed by atoms with E-state index in [1.165, 1.54) is 0 Å². The summed E-state index contributed by atoms with van der Waals surface area (Å²) in [6.45, 7) is 2.30. The summed E-state index contributed by atoms with van der Waals surface area (Å²) < 4.78 is 8.82. The summed E-state index contributed by atoms with van der Waals surface area (Å²) in [5, 5.41) is 7.28. The molecule has 3 aromatic rings. The van der Waals surface area contributed by atoms with Crippen LogP contribution in [0, 0.1) is 6.92 Å². The smallest absolute Gasteiger partial charge is 0.255 e. The number of nitrogens with one attached hydrogen (secondary N) is 1. The first-order chi connectivity index (χ1) is 12.5. The predicted molar refractivity (Wildman–Crippen MR) is 108 cm³/mol. The monoisotopic (exact) mass is 477 g/mol. The first-order valence-corrected chi connectivity index (χ1v) is 9.49. The molecular weight excluding hydrogens is 462 g/mol. The first-order valence-electron chi connectivity index (χ1n) is 7.91. The molecule has 1 amide bonds. The van der Waals surface area contributed by atoms with Gasteiger partial charge in [0, 0.05) is 11.0 Å². The normalized spacial score (nSPS) is 10.6. The Morgan fingerprint density at radius 1 is 1.19 bits per heavy atom. The highest BCUT2D eigenvalue weighted by Gasteiger charge is 2.15. The molecule has 2 aromatic carbocycles. The predicted octanol–water partition coefficient (Wildman–Crippen LogP) is 4.64. The van der Waals surface area contributed by atoms with Crippen LogP contribution in [0.5, 0.6) is 5.75 Å². The average molecular weight is 479 g/mol. The molecule has 7 heteroatoms. The SMILES string of the molecule is COc1ccc(CNC(=O)c2cnn(-c3ccc(Br)cc3)c2C)cc1Br. The highest BCUT2D eigenvalue weighted by atomic mass is 79.9. The molecule has 0 saturated carbocycles. The van der Waals surface area contributed by atoms with E-state index in [0.29, 0.717) is 12.1 Å². The van der Waals surface area contributed by atoms with Gasteiger partial charge in [-0.2, -0.15) is 5.10 Å². The Hall–Kier alpha value is -2.12. The fourth-order valence-electron chi connectivity index (χ4n) is 2.57. The summed E-state index contributed by atoms with van der Waals surface area (Å²) in [5.41, 5.74) is 3.23. The van der Waals surface area contributed by atoms with E-state index in [2.05, 4.69) is 42.3 Å². The molecule has 0 spiro atoms. The lowest BCUT2D eigenvalue weighted by Crippen LogP contribution is -2.23. The Balaban J connectivity index is 1.72. The molecule has 0 aliphatic rings. The lowest BCUT2D eigenvalue weighted by molar-refractivity contribution is 0.0950. The van der Waals surface area contributed by atoms with Crippen molar-refractivity contribution in [2.75, 3.05) is 7.11 Å². The quantitative estimate of drug-likeness (QED) is 0.580. The number of benzene rings is 2. The minimum atomic E-state index is -0.155. The van der Waals surface area contributed by atoms with E-state index in [9.17, 15) is 4.79 Å². The number of halogens is 2. The maximum Gasteiger partial charge on any atom is 0.255 e. The lowest BCUT2D eigenvalue weighted by atomic mass is 10.2. The molecule has 134 valence electrons. The van der Waals surface area contributed by atoms with Crippen molar-refractivity contribution in [2.24, 2.45) is 0 Å². The van der Waals surface area contributed by atoms with Crippen LogP contribution in [0.2, 0.25) is 0 Å². The molecule has 5 nitrogen and oxygen atoms in total. The van der Waals surface area contributed by atoms with Gasteiger partial charge in [0.1, 0.15) is 5.75 Å². The summed E-state index contributed by atoms with van der Waals surface area (Å²) in [6, 6.07) is 13.5. The minimum Gasteiger partial charge on any atom is -0.496 e. The maximum absolute atomic E-state index is 12.5. The van der Waals surface area contributed by atoms with Crippen LogP contribution < -0.4 is 10.1 Å². The lowest BCUT2D eigenvalue weighted by Gasteiger charge is -2.08. The molecule has 1 heterocycles. The van der Waals surface area contributed by atoms with Gasteiger partial charge >= 0.3 is 0 Å². The second-order valence-electron chi connectivity index (χ2n) is 5.68. The van der Waals surface area contributed by atoms with Crippen molar-refractivity contribution in [3.8, 4) is 11.4 Å². The second kappa shape index (κ2) is 8.05. The van der Waals surface area contributed by atoms with E-state index in [1.807, 2.05) is 49.4 Å². The maximum atomic E-state index is 12.5. The number of hydrogen-bond acceptors (Lipinski definition) is 3. The zero-order valence-corrected chi connectivity index (χ0v) is 17.5. The van der Waals surface area contributed by atoms with E-state index >= 15 is 0 Å². The van der Waals surface area contributed by atoms with Crippen LogP contribution in [0.25, 0.3) is 5.69 Å². The summed E-state index contributed by atoms with van der Waals surface area (Å²) in [6.07, 6.45) is 1.59. The van der Waals surface area contributed by atoms with Crippen molar-refractivity contribution < 1.29 is 9.53 Å². The molecule has 26 heavy (non-hydrogen) atoms. The van der Waals surface area contributed by atoms with Gasteiger partial charge in [0.15, 0.2) is 0 Å². The number of nitrogens with zero attached hydrogens (tertiary/aromatic N) is 2. The fourth-order valence-corrected chi connectivity index (χ4v) is 3.42. The molecule has 0 radical (unpaired) electrons. The molecule has 0 aliphatic heterocycles. The number of hydrogen-bond donors (Lipinski definition) is 1. The molecule has 0 bridgehead atoms. The number of ether oxygens (including phenoxy) is 1. The number of rotatable bonds is 5. The average Bonchev–Trinajstić information content (AvgIpc) is 3.02. The summed E-state index contributed by atoms with van der Waals surface area (Å²) in [4.78, 5) is 12.5. The highest BCUT2D eigenvalue weighted by molar-refractivity contribution is 9.10. The standard InChI is InChI=1S/C19H17Br2N3O2/c1-12-16(11-23-24(12)15-6-4-14(20)5-7-15)19(25)22-10-13-3-8-18(26-2)17(21)9-13/h3-9,11H,10H2,1-2H3,(H,22,25). The van der Waals surface area contributed by atoms with Gasteiger partial charge in [-0.25, -0.2) is 4.68 Å². The minimum absolute atomic E-state index is 0.155. The molecule has 0 saturated heterocycles. The van der Waals surface area contributed by atoms with Crippen LogP contribution in [0.15, 0.2) is 57.6 Å². The van der Waals surface area contributed by atoms with Crippen LogP contribution in [0.3, 0.4) is 0 Å². The van der Waals surface area contributed by atoms with E-state index in [-0.39, 0.29) is 5.91 Å². The van der Waals surface area contributed by atoms with Gasteiger partial charge in [-0.3, -0.25) is 4.79 Å². The molecule has 0 fully saturated rings. The summed E-state index contributed by atoms with van der Waals surface area (Å²) >= 11 is 6.87. The van der Waals surface area contributed by atoms with E-state index in [1.54, 1.807) is 18.0 Å². The van der Waals surface area contributed by atoms with Gasteiger partial charge in [0.05, 0.1) is 34.7 Å². The molecule has 0 atom stereocenters. The molecule has 1 aromatic heterocycles. The largest absolute Gasteiger partial charge is 0.496 e. The number of carbonyl (C=O) groups is 1. The van der Waals surface area contributed by atoms with Crippen molar-refractivity contribution in [3.63, 3.8) is 0 Å². The van der Waals surface area contributed by atoms with Gasteiger partial charge < -0.3 is 10.1 Å². The fraction of sp³-hybridized carbons (Fsp3) is 0.158. The summed E-state index contributed by atoms with van der Waals surface area (Å²) in [5.74, 6) is 0.601. The van der Waals surface area contributed by atoms with Crippen LogP contribution in [0.1, 0.15) is 21.6 Å². The highest BCUT2D eigenvalue weighted by Crippen LogP contribution is 2.25. The van der Waals surface area contributed by atoms with Crippen molar-refractivity contribution in [1.82, 2.24) is 15.1 Å². The molecule has 1 N–H and O–H groups in total. The van der Waals surface area contributed by atoms with Crippen LogP contribution in [-0.2, 0) is 6.54 Å². The van der Waals surface area contributed by atoms with Crippen molar-refractivity contribution in [1.29, 1.82) is 0 Å². The summed E-state index contributed by atoms with van der Waals surface area (Å²) in [7, 11) is 1.62. The van der Waals surface area contributed by atoms with Crippen LogP contribution >= 0.6 is 31.9 Å². The topological polar surface area (TPSA) is 56.1 Å². The molecule has 0 aliphatic carbocycles. The number of carbonyl (C=O) groups excluding carboxylic acids is 1. The Morgan fingerprint density at radius 2 is 1.92 bits per heavy atom. The first kappa shape index (κ1) is 18.7. The Kier molecular flexibility index (Phi) is 5.78. The van der Waals surface area contributed by atoms with E-state index in [4.69, 9.17) is 4.74 Å². The second-order valence-corrected chi connectivity index (χ2v) is 7.45. The third-order valence-corrected chi connectivity index (χ3v) is 5.14. The zero-order chi connectivity index (χ0) is 18.7. The Bertz CT molecular complexity index is 936. The number of methoxy groups -OCH3 is 1. The van der Waals surface area contributed by atoms with Gasteiger partial charge in [-0.05, 0) is 64.8 Å². The van der Waals surface area contributed by atoms with Crippen molar-refractivity contribution in [2.45, 2.75) is 13.5 Å². The van der Waals surface area contributed by atoms with Crippen molar-refractivity contribution in [3.05, 3.63) is 74.4 Å². The van der Waals surface area contributed by atoms with Crippen molar-refractivity contribution >= 4 is 37.8 Å². The van der Waals surface area contributed by atoms with Gasteiger partial charge in [-0.1, -0.05) is 22.0 Å². The number of amides is 1.